The third-order valence-electron chi connectivity index (χ3n) is 7.95. The number of hydrogen-bond donors (Lipinski definition) is 2. The molecule has 0 aliphatic carbocycles. The van der Waals surface area contributed by atoms with Gasteiger partial charge >= 0.3 is 18.0 Å². The maximum Gasteiger partial charge on any atom is 0.416 e. The average Bonchev–Trinajstić information content (AvgIpc) is 2.93. The Bertz CT molecular complexity index is 1900. The fraction of sp³-hybridized carbons (Fsp3) is 0.516. The first-order chi connectivity index (χ1) is 21.2. The molecule has 1 saturated heterocycles. The van der Waals surface area contributed by atoms with Crippen LogP contribution in [0.25, 0.3) is 10.9 Å². The summed E-state index contributed by atoms with van der Waals surface area (Å²) in [7, 11) is -3.76. The van der Waals surface area contributed by atoms with Crippen LogP contribution in [0, 0.1) is 13.8 Å². The lowest BCUT2D eigenvalue weighted by molar-refractivity contribution is -0.138. The Morgan fingerprint density at radius 3 is 2.37 bits per heavy atom. The molecule has 1 aliphatic rings. The molecule has 10 nitrogen and oxygen atoms in total. The zero-order valence-electron chi connectivity index (χ0n) is 26.5. The highest BCUT2D eigenvalue weighted by atomic mass is 35.5. The molecule has 252 valence electrons. The quantitative estimate of drug-likeness (QED) is 0.345. The number of likely N-dealkylation sites (tertiary alicyclic amines) is 1. The summed E-state index contributed by atoms with van der Waals surface area (Å²) in [5.41, 5.74) is -2.87. The molecular weight excluding hydrogens is 649 g/mol. The number of alkyl halides is 3. The van der Waals surface area contributed by atoms with Crippen molar-refractivity contribution in [2.45, 2.75) is 90.2 Å². The van der Waals surface area contributed by atoms with E-state index in [0.29, 0.717) is 41.1 Å². The lowest BCUT2D eigenvalue weighted by atomic mass is 10.0. The number of halogens is 4. The van der Waals surface area contributed by atoms with E-state index in [1.165, 1.54) is 13.0 Å². The summed E-state index contributed by atoms with van der Waals surface area (Å²) >= 11 is 6.55. The minimum Gasteiger partial charge on any atom is -0.444 e. The molecule has 0 unspecified atom stereocenters. The van der Waals surface area contributed by atoms with Crippen molar-refractivity contribution in [3.8, 4) is 0 Å². The molecule has 1 aliphatic heterocycles. The van der Waals surface area contributed by atoms with E-state index in [1.54, 1.807) is 45.6 Å². The smallest absolute Gasteiger partial charge is 0.416 e. The number of piperidine rings is 1. The van der Waals surface area contributed by atoms with E-state index >= 15 is 0 Å². The summed E-state index contributed by atoms with van der Waals surface area (Å²) in [4.78, 5) is 43.3. The Hall–Kier alpha value is -3.36. The Kier molecular flexibility index (Phi) is 10.1. The van der Waals surface area contributed by atoms with Crippen LogP contribution in [0.2, 0.25) is 5.02 Å². The molecule has 2 aromatic carbocycles. The monoisotopic (exact) mass is 686 g/mol. The Labute approximate surface area is 269 Å². The van der Waals surface area contributed by atoms with Crippen LogP contribution in [0.3, 0.4) is 0 Å². The SMILES string of the molecule is CCS(=O)(=O)c1cc(C)c(C)cc1Cn1c(=O)[nH]c2c(Cl)c(CN3CCC[C@@H](NC(=O)OC(C)(C)C)C3)c(C(F)(F)F)cc2c1=O. The Balaban J connectivity index is 1.76. The number of carbonyl (C=O) groups excluding carboxylic acids is 1. The maximum atomic E-state index is 14.5. The first-order valence-electron chi connectivity index (χ1n) is 14.8. The highest BCUT2D eigenvalue weighted by molar-refractivity contribution is 7.91. The number of benzene rings is 2. The summed E-state index contributed by atoms with van der Waals surface area (Å²) < 4.78 is 75.1. The first kappa shape index (κ1) is 35.5. The maximum absolute atomic E-state index is 14.5. The van der Waals surface area contributed by atoms with Gasteiger partial charge in [0.05, 0.1) is 38.7 Å². The number of nitrogens with one attached hydrogen (secondary N) is 2. The summed E-state index contributed by atoms with van der Waals surface area (Å²) in [5.74, 6) is -0.229. The number of carbonyl (C=O) groups is 1. The zero-order chi connectivity index (χ0) is 34.4. The summed E-state index contributed by atoms with van der Waals surface area (Å²) in [6.07, 6.45) is -4.35. The van der Waals surface area contributed by atoms with Crippen LogP contribution in [0.5, 0.6) is 0 Å². The summed E-state index contributed by atoms with van der Waals surface area (Å²) in [6.45, 7) is 9.99. The van der Waals surface area contributed by atoms with Gasteiger partial charge in [-0.25, -0.2) is 18.0 Å². The molecule has 1 aromatic heterocycles. The van der Waals surface area contributed by atoms with Gasteiger partial charge in [0.2, 0.25) is 0 Å². The fourth-order valence-electron chi connectivity index (χ4n) is 5.55. The largest absolute Gasteiger partial charge is 0.444 e. The van der Waals surface area contributed by atoms with Crippen LogP contribution < -0.4 is 16.6 Å². The van der Waals surface area contributed by atoms with Crippen LogP contribution in [0.15, 0.2) is 32.7 Å². The normalized spacial score (nSPS) is 16.5. The molecule has 1 amide bonds. The molecule has 0 bridgehead atoms. The topological polar surface area (TPSA) is 131 Å². The van der Waals surface area contributed by atoms with Gasteiger partial charge in [0.1, 0.15) is 5.60 Å². The van der Waals surface area contributed by atoms with Gasteiger partial charge in [-0.3, -0.25) is 14.3 Å². The van der Waals surface area contributed by atoms with E-state index in [0.717, 1.165) is 0 Å². The van der Waals surface area contributed by atoms with Crippen molar-refractivity contribution in [3.05, 3.63) is 71.9 Å². The van der Waals surface area contributed by atoms with Gasteiger partial charge in [-0.05, 0) is 88.4 Å². The molecule has 4 rings (SSSR count). The first-order valence-corrected chi connectivity index (χ1v) is 16.8. The molecule has 15 heteroatoms. The molecule has 46 heavy (non-hydrogen) atoms. The van der Waals surface area contributed by atoms with Crippen molar-refractivity contribution < 1.29 is 31.1 Å². The Morgan fingerprint density at radius 1 is 1.11 bits per heavy atom. The molecule has 1 fully saturated rings. The summed E-state index contributed by atoms with van der Waals surface area (Å²) in [5, 5.41) is 1.87. The molecule has 2 heterocycles. The minimum atomic E-state index is -4.90. The second-order valence-electron chi connectivity index (χ2n) is 12.6. The number of ether oxygens (including phenoxy) is 1. The highest BCUT2D eigenvalue weighted by Gasteiger charge is 2.37. The molecule has 2 N–H and O–H groups in total. The van der Waals surface area contributed by atoms with E-state index in [4.69, 9.17) is 16.3 Å². The van der Waals surface area contributed by atoms with Gasteiger partial charge in [0.25, 0.3) is 5.56 Å². The van der Waals surface area contributed by atoms with Crippen molar-refractivity contribution in [1.82, 2.24) is 19.8 Å². The second-order valence-corrected chi connectivity index (χ2v) is 15.3. The Morgan fingerprint density at radius 2 is 1.76 bits per heavy atom. The van der Waals surface area contributed by atoms with Crippen molar-refractivity contribution in [2.24, 2.45) is 0 Å². The molecule has 1 atom stereocenters. The summed E-state index contributed by atoms with van der Waals surface area (Å²) in [6, 6.07) is 3.31. The van der Waals surface area contributed by atoms with Gasteiger partial charge in [-0.15, -0.1) is 0 Å². The number of aromatic nitrogens is 2. The van der Waals surface area contributed by atoms with Crippen LogP contribution in [-0.2, 0) is 33.8 Å². The van der Waals surface area contributed by atoms with E-state index < -0.39 is 61.5 Å². The number of nitrogens with zero attached hydrogens (tertiary/aromatic N) is 2. The van der Waals surface area contributed by atoms with Gasteiger partial charge in [0.15, 0.2) is 9.84 Å². The lowest BCUT2D eigenvalue weighted by Crippen LogP contribution is -2.48. The predicted molar refractivity (Wildman–Crippen MR) is 169 cm³/mol. The standard InChI is InChI=1S/C31H38ClF3N4O6S/c1-7-46(43,44)24-12-18(3)17(2)11-19(24)14-39-27(40)21-13-23(31(33,34)35)22(25(32)26(21)37-28(39)41)16-38-10-8-9-20(15-38)36-29(42)45-30(4,5)6/h11-13,20H,7-10,14-16H2,1-6H3,(H,36,42)(H,37,41)/t20-/m1/s1. The van der Waals surface area contributed by atoms with E-state index in [2.05, 4.69) is 10.3 Å². The lowest BCUT2D eigenvalue weighted by Gasteiger charge is -2.34. The molecule has 0 spiro atoms. The van der Waals surface area contributed by atoms with Crippen molar-refractivity contribution >= 4 is 38.4 Å². The number of amides is 1. The zero-order valence-corrected chi connectivity index (χ0v) is 28.1. The predicted octanol–water partition coefficient (Wildman–Crippen LogP) is 5.31. The van der Waals surface area contributed by atoms with Gasteiger partial charge in [-0.1, -0.05) is 24.6 Å². The van der Waals surface area contributed by atoms with Crippen LogP contribution >= 0.6 is 11.6 Å². The average molecular weight is 687 g/mol. The highest BCUT2D eigenvalue weighted by Crippen LogP contribution is 2.39. The fourth-order valence-corrected chi connectivity index (χ4v) is 7.05. The number of aromatic amines is 1. The van der Waals surface area contributed by atoms with Crippen molar-refractivity contribution in [2.75, 3.05) is 18.8 Å². The second kappa shape index (κ2) is 13.0. The number of fused-ring (bicyclic) bond motifs is 1. The number of alkyl carbamates (subject to hydrolysis) is 1. The number of hydrogen-bond acceptors (Lipinski definition) is 7. The number of aryl methyl sites for hydroxylation is 2. The van der Waals surface area contributed by atoms with Crippen LogP contribution in [-0.4, -0.2) is 59.4 Å². The third kappa shape index (κ3) is 7.77. The third-order valence-corrected chi connectivity index (χ3v) is 10.2. The van der Waals surface area contributed by atoms with Gasteiger partial charge in [0, 0.05) is 19.1 Å². The molecular formula is C31H38ClF3N4O6S. The van der Waals surface area contributed by atoms with Crippen molar-refractivity contribution in [1.29, 1.82) is 0 Å². The molecule has 0 radical (unpaired) electrons. The minimum absolute atomic E-state index is 0.0603. The van der Waals surface area contributed by atoms with Crippen LogP contribution in [0.1, 0.15) is 68.4 Å². The van der Waals surface area contributed by atoms with Crippen molar-refractivity contribution in [3.63, 3.8) is 0 Å². The van der Waals surface area contributed by atoms with Gasteiger partial charge in [-0.2, -0.15) is 13.2 Å². The number of sulfone groups is 1. The van der Waals surface area contributed by atoms with E-state index in [-0.39, 0.29) is 46.4 Å². The van der Waals surface area contributed by atoms with Gasteiger partial charge < -0.3 is 15.0 Å². The molecule has 3 aromatic rings. The van der Waals surface area contributed by atoms with E-state index in [1.807, 2.05) is 0 Å². The van der Waals surface area contributed by atoms with E-state index in [9.17, 15) is 36.0 Å². The number of rotatable bonds is 7. The number of H-pyrrole nitrogens is 1. The van der Waals surface area contributed by atoms with Crippen LogP contribution in [0.4, 0.5) is 18.0 Å². The molecule has 0 saturated carbocycles.